The van der Waals surface area contributed by atoms with Gasteiger partial charge in [0.05, 0.1) is 5.57 Å². The van der Waals surface area contributed by atoms with Gasteiger partial charge in [0, 0.05) is 35.8 Å². The smallest absolute Gasteiger partial charge is 0.275 e. The lowest BCUT2D eigenvalue weighted by atomic mass is 10.0. The van der Waals surface area contributed by atoms with Gasteiger partial charge in [0.15, 0.2) is 0 Å². The van der Waals surface area contributed by atoms with Crippen LogP contribution in [0.4, 0.5) is 0 Å². The third kappa shape index (κ3) is 2.30. The zero-order chi connectivity index (χ0) is 14.8. The molecule has 1 aliphatic heterocycles. The Hall–Kier alpha value is -2.60. The number of para-hydroxylation sites is 1. The zero-order valence-electron chi connectivity index (χ0n) is 11.3. The summed E-state index contributed by atoms with van der Waals surface area (Å²) < 4.78 is 0. The molecule has 0 radical (unpaired) electrons. The quantitative estimate of drug-likeness (QED) is 0.475. The van der Waals surface area contributed by atoms with Gasteiger partial charge in [-0.1, -0.05) is 18.2 Å². The summed E-state index contributed by atoms with van der Waals surface area (Å²) in [7, 11) is 0. The number of hydrogen-bond donors (Lipinski definition) is 4. The normalized spacial score (nSPS) is 14.9. The van der Waals surface area contributed by atoms with Gasteiger partial charge in [0.25, 0.3) is 11.8 Å². The monoisotopic (exact) mass is 285 g/mol. The third-order valence-electron chi connectivity index (χ3n) is 3.43. The second kappa shape index (κ2) is 5.41. The number of hydrogen-bond acceptors (Lipinski definition) is 4. The second-order valence-corrected chi connectivity index (χ2v) is 4.79. The lowest BCUT2D eigenvalue weighted by Crippen LogP contribution is -2.27. The zero-order valence-corrected chi connectivity index (χ0v) is 11.3. The summed E-state index contributed by atoms with van der Waals surface area (Å²) >= 11 is 0. The minimum Gasteiger partial charge on any atom is -0.396 e. The van der Waals surface area contributed by atoms with Gasteiger partial charge in [0.1, 0.15) is 5.70 Å². The third-order valence-corrected chi connectivity index (χ3v) is 3.43. The molecule has 2 amide bonds. The summed E-state index contributed by atoms with van der Waals surface area (Å²) in [6.07, 6.45) is 2.23. The molecule has 6 heteroatoms. The Balaban J connectivity index is 2.07. The predicted octanol–water partition coefficient (Wildman–Crippen LogP) is 0.507. The Kier molecular flexibility index (Phi) is 3.45. The van der Waals surface area contributed by atoms with Crippen LogP contribution in [0.3, 0.4) is 0 Å². The molecule has 2 heterocycles. The Morgan fingerprint density at radius 3 is 2.76 bits per heavy atom. The number of benzene rings is 1. The van der Waals surface area contributed by atoms with Gasteiger partial charge in [-0.05, 0) is 12.5 Å². The van der Waals surface area contributed by atoms with Crippen LogP contribution >= 0.6 is 0 Å². The van der Waals surface area contributed by atoms with Crippen LogP contribution in [0.15, 0.2) is 36.2 Å². The molecule has 0 atom stereocenters. The number of aromatic nitrogens is 1. The van der Waals surface area contributed by atoms with Crippen LogP contribution in [0.5, 0.6) is 0 Å². The number of rotatable bonds is 5. The van der Waals surface area contributed by atoms with E-state index >= 15 is 0 Å². The van der Waals surface area contributed by atoms with E-state index in [4.69, 9.17) is 5.11 Å². The van der Waals surface area contributed by atoms with Crippen molar-refractivity contribution in [3.8, 4) is 0 Å². The first-order valence-corrected chi connectivity index (χ1v) is 6.73. The van der Waals surface area contributed by atoms with Crippen molar-refractivity contribution < 1.29 is 14.7 Å². The van der Waals surface area contributed by atoms with Crippen molar-refractivity contribution in [2.75, 3.05) is 13.2 Å². The van der Waals surface area contributed by atoms with Crippen molar-refractivity contribution in [1.29, 1.82) is 0 Å². The van der Waals surface area contributed by atoms with Crippen LogP contribution in [-0.4, -0.2) is 35.1 Å². The highest BCUT2D eigenvalue weighted by Gasteiger charge is 2.32. The van der Waals surface area contributed by atoms with Gasteiger partial charge in [0.2, 0.25) is 0 Å². The highest BCUT2D eigenvalue weighted by atomic mass is 16.3. The fourth-order valence-electron chi connectivity index (χ4n) is 2.45. The fraction of sp³-hybridized carbons (Fsp3) is 0.200. The summed E-state index contributed by atoms with van der Waals surface area (Å²) in [5.41, 5.74) is 2.20. The number of aliphatic hydroxyl groups excluding tert-OH is 1. The molecule has 21 heavy (non-hydrogen) atoms. The molecule has 0 saturated carbocycles. The van der Waals surface area contributed by atoms with Gasteiger partial charge in [-0.2, -0.15) is 0 Å². The molecule has 0 unspecified atom stereocenters. The molecule has 3 rings (SSSR count). The number of carbonyl (C=O) groups is 2. The summed E-state index contributed by atoms with van der Waals surface area (Å²) in [5, 5.41) is 15.0. The summed E-state index contributed by atoms with van der Waals surface area (Å²) in [6, 6.07) is 7.59. The Labute approximate surface area is 120 Å². The van der Waals surface area contributed by atoms with E-state index < -0.39 is 11.8 Å². The van der Waals surface area contributed by atoms with Gasteiger partial charge in [-0.15, -0.1) is 0 Å². The van der Waals surface area contributed by atoms with E-state index in [0.29, 0.717) is 24.1 Å². The largest absolute Gasteiger partial charge is 0.396 e. The number of nitrogens with one attached hydrogen (secondary N) is 3. The summed E-state index contributed by atoms with van der Waals surface area (Å²) in [4.78, 5) is 27.1. The molecular formula is C15H15N3O3. The molecule has 1 aliphatic rings. The lowest BCUT2D eigenvalue weighted by Gasteiger charge is -2.06. The number of aliphatic hydroxyl groups is 1. The van der Waals surface area contributed by atoms with E-state index in [1.807, 2.05) is 24.3 Å². The van der Waals surface area contributed by atoms with E-state index in [9.17, 15) is 9.59 Å². The molecular weight excluding hydrogens is 270 g/mol. The topological polar surface area (TPSA) is 94.2 Å². The molecule has 0 aliphatic carbocycles. The van der Waals surface area contributed by atoms with E-state index in [1.54, 1.807) is 6.20 Å². The predicted molar refractivity (Wildman–Crippen MR) is 78.1 cm³/mol. The Morgan fingerprint density at radius 1 is 1.14 bits per heavy atom. The van der Waals surface area contributed by atoms with Crippen molar-refractivity contribution in [3.63, 3.8) is 0 Å². The Morgan fingerprint density at radius 2 is 1.95 bits per heavy atom. The minimum absolute atomic E-state index is 0.0261. The van der Waals surface area contributed by atoms with Gasteiger partial charge in [-0.3, -0.25) is 14.9 Å². The second-order valence-electron chi connectivity index (χ2n) is 4.79. The average molecular weight is 285 g/mol. The average Bonchev–Trinajstić information content (AvgIpc) is 3.01. The molecule has 108 valence electrons. The molecule has 2 aromatic rings. The fourth-order valence-corrected chi connectivity index (χ4v) is 2.45. The highest BCUT2D eigenvalue weighted by Crippen LogP contribution is 2.29. The maximum Gasteiger partial charge on any atom is 0.275 e. The van der Waals surface area contributed by atoms with Crippen molar-refractivity contribution in [3.05, 3.63) is 41.7 Å². The molecule has 0 saturated heterocycles. The first-order valence-electron chi connectivity index (χ1n) is 6.73. The molecule has 1 aromatic heterocycles. The molecule has 0 fully saturated rings. The molecule has 1 aromatic carbocycles. The van der Waals surface area contributed by atoms with Crippen LogP contribution in [0.25, 0.3) is 16.5 Å². The van der Waals surface area contributed by atoms with E-state index in [2.05, 4.69) is 15.6 Å². The number of fused-ring (bicyclic) bond motifs is 1. The number of carbonyl (C=O) groups excluding carboxylic acids is 2. The first kappa shape index (κ1) is 13.4. The maximum absolute atomic E-state index is 12.1. The van der Waals surface area contributed by atoms with Crippen molar-refractivity contribution in [1.82, 2.24) is 15.6 Å². The van der Waals surface area contributed by atoms with Crippen molar-refractivity contribution in [2.45, 2.75) is 6.42 Å². The number of amides is 2. The van der Waals surface area contributed by atoms with Gasteiger partial charge < -0.3 is 15.4 Å². The van der Waals surface area contributed by atoms with Crippen LogP contribution in [0, 0.1) is 0 Å². The minimum atomic E-state index is -0.432. The summed E-state index contributed by atoms with van der Waals surface area (Å²) in [6.45, 7) is 0.455. The Bertz CT molecular complexity index is 745. The van der Waals surface area contributed by atoms with Gasteiger partial charge >= 0.3 is 0 Å². The van der Waals surface area contributed by atoms with Crippen molar-refractivity contribution >= 4 is 28.3 Å². The van der Waals surface area contributed by atoms with E-state index in [-0.39, 0.29) is 12.3 Å². The van der Waals surface area contributed by atoms with Crippen LogP contribution in [-0.2, 0) is 9.59 Å². The maximum atomic E-state index is 12.1. The van der Waals surface area contributed by atoms with Crippen LogP contribution in [0.2, 0.25) is 0 Å². The van der Waals surface area contributed by atoms with Gasteiger partial charge in [-0.25, -0.2) is 0 Å². The standard InChI is InChI=1S/C15H15N3O3/c19-7-3-6-16-13-12(14(20)18-15(13)21)10-8-17-11-5-2-1-4-9(10)11/h1-2,4-5,8,17,19H,3,6-7H2,(H2,16,18,20,21). The number of imide groups is 1. The van der Waals surface area contributed by atoms with E-state index in [1.165, 1.54) is 0 Å². The SMILES string of the molecule is O=C1NC(=O)C(c2c[nH]c3ccccc23)=C1NCCCO. The summed E-state index contributed by atoms with van der Waals surface area (Å²) in [5.74, 6) is -0.838. The molecule has 4 N–H and O–H groups in total. The lowest BCUT2D eigenvalue weighted by molar-refractivity contribution is -0.123. The number of aromatic amines is 1. The number of H-pyrrole nitrogens is 1. The molecule has 0 spiro atoms. The molecule has 6 nitrogen and oxygen atoms in total. The van der Waals surface area contributed by atoms with Crippen LogP contribution in [0.1, 0.15) is 12.0 Å². The molecule has 0 bridgehead atoms. The first-order chi connectivity index (χ1) is 10.2. The highest BCUT2D eigenvalue weighted by molar-refractivity contribution is 6.37. The van der Waals surface area contributed by atoms with E-state index in [0.717, 1.165) is 10.9 Å². The van der Waals surface area contributed by atoms with Crippen LogP contribution < -0.4 is 10.6 Å². The van der Waals surface area contributed by atoms with Crippen molar-refractivity contribution in [2.24, 2.45) is 0 Å².